The normalized spacial score (nSPS) is 17.9. The van der Waals surface area contributed by atoms with Crippen molar-refractivity contribution in [3.8, 4) is 0 Å². The van der Waals surface area contributed by atoms with Gasteiger partial charge < -0.3 is 5.32 Å². The van der Waals surface area contributed by atoms with Gasteiger partial charge in [-0.3, -0.25) is 4.68 Å². The second kappa shape index (κ2) is 5.12. The molecule has 0 saturated heterocycles. The summed E-state index contributed by atoms with van der Waals surface area (Å²) in [7, 11) is 1.92. The lowest BCUT2D eigenvalue weighted by Crippen LogP contribution is -2.09. The first kappa shape index (κ1) is 11.7. The van der Waals surface area contributed by atoms with E-state index >= 15 is 0 Å². The summed E-state index contributed by atoms with van der Waals surface area (Å²) in [4.78, 5) is 1.41. The molecule has 2 aromatic rings. The standard InChI is InChI=1S/C13H16N4S/c1-14-6-11-8-17(16-15-11)7-10-9-18-13-5-3-2-4-12(10)13/h2-5,8,10,14H,6-7,9H2,1H3. The SMILES string of the molecule is CNCc1cn(CC2CSc3ccccc32)nn1. The van der Waals surface area contributed by atoms with Gasteiger partial charge in [0, 0.05) is 29.3 Å². The number of aromatic nitrogens is 3. The zero-order chi connectivity index (χ0) is 12.4. The smallest absolute Gasteiger partial charge is 0.0964 e. The maximum absolute atomic E-state index is 4.19. The van der Waals surface area contributed by atoms with Gasteiger partial charge in [-0.2, -0.15) is 0 Å². The molecule has 2 heterocycles. The summed E-state index contributed by atoms with van der Waals surface area (Å²) in [5, 5.41) is 11.4. The Balaban J connectivity index is 1.73. The van der Waals surface area contributed by atoms with E-state index in [4.69, 9.17) is 0 Å². The molecular formula is C13H16N4S. The molecule has 0 spiro atoms. The lowest BCUT2D eigenvalue weighted by atomic mass is 10.0. The molecule has 18 heavy (non-hydrogen) atoms. The summed E-state index contributed by atoms with van der Waals surface area (Å²) >= 11 is 1.94. The Morgan fingerprint density at radius 2 is 2.33 bits per heavy atom. The average Bonchev–Trinajstić information content (AvgIpc) is 2.99. The van der Waals surface area contributed by atoms with E-state index in [1.54, 1.807) is 0 Å². The number of nitrogens with zero attached hydrogens (tertiary/aromatic N) is 3. The highest BCUT2D eigenvalue weighted by atomic mass is 32.2. The van der Waals surface area contributed by atoms with Gasteiger partial charge in [-0.05, 0) is 18.7 Å². The van der Waals surface area contributed by atoms with E-state index < -0.39 is 0 Å². The molecule has 0 bridgehead atoms. The minimum absolute atomic E-state index is 0.551. The second-order valence-electron chi connectivity index (χ2n) is 4.51. The van der Waals surface area contributed by atoms with Gasteiger partial charge in [0.05, 0.1) is 12.2 Å². The van der Waals surface area contributed by atoms with Gasteiger partial charge in [-0.15, -0.1) is 16.9 Å². The Bertz CT molecular complexity index is 537. The Hall–Kier alpha value is -1.33. The molecule has 4 nitrogen and oxygen atoms in total. The first-order valence-electron chi connectivity index (χ1n) is 6.12. The van der Waals surface area contributed by atoms with Gasteiger partial charge in [-0.25, -0.2) is 0 Å². The van der Waals surface area contributed by atoms with Crippen molar-refractivity contribution in [2.24, 2.45) is 0 Å². The van der Waals surface area contributed by atoms with Crippen molar-refractivity contribution in [3.63, 3.8) is 0 Å². The molecule has 1 atom stereocenters. The fourth-order valence-electron chi connectivity index (χ4n) is 2.30. The predicted octanol–water partition coefficient (Wildman–Crippen LogP) is 1.89. The lowest BCUT2D eigenvalue weighted by Gasteiger charge is -2.09. The van der Waals surface area contributed by atoms with Crippen LogP contribution in [-0.4, -0.2) is 27.8 Å². The first-order chi connectivity index (χ1) is 8.86. The molecule has 1 unspecified atom stereocenters. The molecule has 1 aromatic heterocycles. The van der Waals surface area contributed by atoms with Crippen LogP contribution in [0.1, 0.15) is 17.2 Å². The van der Waals surface area contributed by atoms with E-state index in [0.29, 0.717) is 5.92 Å². The van der Waals surface area contributed by atoms with Gasteiger partial charge in [0.15, 0.2) is 0 Å². The lowest BCUT2D eigenvalue weighted by molar-refractivity contribution is 0.532. The third-order valence-corrected chi connectivity index (χ3v) is 4.40. The molecular weight excluding hydrogens is 244 g/mol. The maximum Gasteiger partial charge on any atom is 0.0964 e. The molecule has 1 N–H and O–H groups in total. The van der Waals surface area contributed by atoms with Crippen molar-refractivity contribution in [2.45, 2.75) is 23.9 Å². The number of nitrogens with one attached hydrogen (secondary N) is 1. The predicted molar refractivity (Wildman–Crippen MR) is 72.7 cm³/mol. The van der Waals surface area contributed by atoms with Gasteiger partial charge in [0.1, 0.15) is 0 Å². The van der Waals surface area contributed by atoms with Crippen molar-refractivity contribution in [3.05, 3.63) is 41.7 Å². The van der Waals surface area contributed by atoms with Crippen LogP contribution in [0.2, 0.25) is 0 Å². The van der Waals surface area contributed by atoms with Crippen molar-refractivity contribution in [1.82, 2.24) is 20.3 Å². The third kappa shape index (κ3) is 2.28. The van der Waals surface area contributed by atoms with Crippen LogP contribution in [0.3, 0.4) is 0 Å². The minimum Gasteiger partial charge on any atom is -0.314 e. The monoisotopic (exact) mass is 260 g/mol. The van der Waals surface area contributed by atoms with Crippen molar-refractivity contribution >= 4 is 11.8 Å². The fraction of sp³-hybridized carbons (Fsp3) is 0.385. The number of hydrogen-bond donors (Lipinski definition) is 1. The van der Waals surface area contributed by atoms with Crippen LogP contribution >= 0.6 is 11.8 Å². The number of thioether (sulfide) groups is 1. The second-order valence-corrected chi connectivity index (χ2v) is 5.57. The highest BCUT2D eigenvalue weighted by Gasteiger charge is 2.23. The quantitative estimate of drug-likeness (QED) is 0.911. The van der Waals surface area contributed by atoms with Crippen LogP contribution in [-0.2, 0) is 13.1 Å². The van der Waals surface area contributed by atoms with Gasteiger partial charge >= 0.3 is 0 Å². The van der Waals surface area contributed by atoms with Gasteiger partial charge in [0.2, 0.25) is 0 Å². The molecule has 0 amide bonds. The van der Waals surface area contributed by atoms with Gasteiger partial charge in [-0.1, -0.05) is 23.4 Å². The Labute approximate surface area is 111 Å². The van der Waals surface area contributed by atoms with E-state index in [9.17, 15) is 0 Å². The Morgan fingerprint density at radius 3 is 3.22 bits per heavy atom. The van der Waals surface area contributed by atoms with E-state index in [1.165, 1.54) is 10.5 Å². The van der Waals surface area contributed by atoms with Gasteiger partial charge in [0.25, 0.3) is 0 Å². The first-order valence-corrected chi connectivity index (χ1v) is 7.10. The molecule has 94 valence electrons. The van der Waals surface area contributed by atoms with Crippen LogP contribution < -0.4 is 5.32 Å². The molecule has 1 aliphatic heterocycles. The highest BCUT2D eigenvalue weighted by molar-refractivity contribution is 7.99. The van der Waals surface area contributed by atoms with E-state index in [1.807, 2.05) is 29.7 Å². The Morgan fingerprint density at radius 1 is 1.44 bits per heavy atom. The van der Waals surface area contributed by atoms with Crippen molar-refractivity contribution < 1.29 is 0 Å². The largest absolute Gasteiger partial charge is 0.314 e. The Kier molecular flexibility index (Phi) is 3.34. The summed E-state index contributed by atoms with van der Waals surface area (Å²) in [6, 6.07) is 8.65. The van der Waals surface area contributed by atoms with Crippen LogP contribution in [0, 0.1) is 0 Å². The number of hydrogen-bond acceptors (Lipinski definition) is 4. The topological polar surface area (TPSA) is 42.7 Å². The van der Waals surface area contributed by atoms with Crippen LogP contribution in [0.25, 0.3) is 0 Å². The molecule has 0 saturated carbocycles. The fourth-order valence-corrected chi connectivity index (χ4v) is 3.54. The molecule has 0 aliphatic carbocycles. The third-order valence-electron chi connectivity index (χ3n) is 3.15. The summed E-state index contributed by atoms with van der Waals surface area (Å²) in [5.41, 5.74) is 2.45. The van der Waals surface area contributed by atoms with Crippen LogP contribution in [0.15, 0.2) is 35.4 Å². The van der Waals surface area contributed by atoms with Crippen LogP contribution in [0.5, 0.6) is 0 Å². The maximum atomic E-state index is 4.19. The highest BCUT2D eigenvalue weighted by Crippen LogP contribution is 2.39. The zero-order valence-electron chi connectivity index (χ0n) is 10.3. The van der Waals surface area contributed by atoms with Crippen LogP contribution in [0.4, 0.5) is 0 Å². The van der Waals surface area contributed by atoms with E-state index in [0.717, 1.165) is 24.5 Å². The molecule has 5 heteroatoms. The van der Waals surface area contributed by atoms with Crippen molar-refractivity contribution in [2.75, 3.05) is 12.8 Å². The van der Waals surface area contributed by atoms with E-state index in [2.05, 4.69) is 39.9 Å². The average molecular weight is 260 g/mol. The summed E-state index contributed by atoms with van der Waals surface area (Å²) in [5.74, 6) is 1.69. The molecule has 0 radical (unpaired) electrons. The summed E-state index contributed by atoms with van der Waals surface area (Å²) in [6.07, 6.45) is 2.03. The zero-order valence-corrected chi connectivity index (χ0v) is 11.2. The number of rotatable bonds is 4. The summed E-state index contributed by atoms with van der Waals surface area (Å²) in [6.45, 7) is 1.69. The number of benzene rings is 1. The summed E-state index contributed by atoms with van der Waals surface area (Å²) < 4.78 is 1.96. The molecule has 0 fully saturated rings. The molecule has 3 rings (SSSR count). The minimum atomic E-state index is 0.551. The molecule has 1 aromatic carbocycles. The number of fused-ring (bicyclic) bond motifs is 1. The van der Waals surface area contributed by atoms with Crippen molar-refractivity contribution in [1.29, 1.82) is 0 Å². The molecule has 1 aliphatic rings. The van der Waals surface area contributed by atoms with E-state index in [-0.39, 0.29) is 0 Å².